The van der Waals surface area contributed by atoms with Gasteiger partial charge in [-0.1, -0.05) is 38.1 Å². The minimum atomic E-state index is -3.33. The van der Waals surface area contributed by atoms with E-state index in [-0.39, 0.29) is 12.4 Å². The number of nitrogens with zero attached hydrogens (tertiary/aromatic N) is 1. The molecule has 0 radical (unpaired) electrons. The maximum absolute atomic E-state index is 12.0. The quantitative estimate of drug-likeness (QED) is 0.712. The van der Waals surface area contributed by atoms with Crippen LogP contribution in [-0.2, 0) is 22.4 Å². The molecule has 20 heavy (non-hydrogen) atoms. The van der Waals surface area contributed by atoms with E-state index < -0.39 is 10.0 Å². The van der Waals surface area contributed by atoms with Gasteiger partial charge in [0, 0.05) is 13.1 Å². The van der Waals surface area contributed by atoms with Crippen molar-refractivity contribution >= 4 is 10.0 Å². The first kappa shape index (κ1) is 17.1. The van der Waals surface area contributed by atoms with Crippen LogP contribution in [0.4, 0.5) is 0 Å². The third-order valence-electron chi connectivity index (χ3n) is 3.18. The van der Waals surface area contributed by atoms with Gasteiger partial charge in [-0.3, -0.25) is 0 Å². The summed E-state index contributed by atoms with van der Waals surface area (Å²) >= 11 is 0. The topological polar surface area (TPSA) is 69.6 Å². The van der Waals surface area contributed by atoms with Crippen LogP contribution in [0.2, 0.25) is 0 Å². The van der Waals surface area contributed by atoms with Crippen LogP contribution in [0.3, 0.4) is 0 Å². The summed E-state index contributed by atoms with van der Waals surface area (Å²) in [5, 5.41) is 9.05. The summed E-state index contributed by atoms with van der Waals surface area (Å²) in [6, 6.07) is 6.99. The van der Waals surface area contributed by atoms with Gasteiger partial charge in [0.1, 0.15) is 0 Å². The molecule has 0 heterocycles. The van der Waals surface area contributed by atoms with Crippen LogP contribution in [-0.4, -0.2) is 44.6 Å². The zero-order valence-electron chi connectivity index (χ0n) is 12.2. The zero-order chi connectivity index (χ0) is 15.0. The number of aliphatic hydroxyl groups excluding tert-OH is 1. The molecule has 0 amide bonds. The molecule has 0 saturated carbocycles. The average Bonchev–Trinajstić information content (AvgIpc) is 2.43. The van der Waals surface area contributed by atoms with Crippen LogP contribution in [0.5, 0.6) is 0 Å². The van der Waals surface area contributed by atoms with Gasteiger partial charge in [0.15, 0.2) is 0 Å². The summed E-state index contributed by atoms with van der Waals surface area (Å²) in [5.41, 5.74) is 1.41. The smallest absolute Gasteiger partial charge is 0.215 e. The molecular weight excluding hydrogens is 276 g/mol. The lowest BCUT2D eigenvalue weighted by Crippen LogP contribution is -2.35. The van der Waals surface area contributed by atoms with Crippen LogP contribution in [0.25, 0.3) is 0 Å². The lowest BCUT2D eigenvalue weighted by molar-refractivity contribution is 0.282. The lowest BCUT2D eigenvalue weighted by atomic mass is 10.1. The van der Waals surface area contributed by atoms with Crippen LogP contribution in [0.1, 0.15) is 25.0 Å². The van der Waals surface area contributed by atoms with Crippen LogP contribution in [0.15, 0.2) is 24.3 Å². The van der Waals surface area contributed by atoms with Gasteiger partial charge < -0.3 is 10.0 Å². The predicted octanol–water partition coefficient (Wildman–Crippen LogP) is 0.940. The van der Waals surface area contributed by atoms with E-state index in [1.807, 2.05) is 0 Å². The van der Waals surface area contributed by atoms with Crippen LogP contribution in [0, 0.1) is 0 Å². The molecule has 0 fully saturated rings. The lowest BCUT2D eigenvalue weighted by Gasteiger charge is -2.18. The molecule has 1 aromatic rings. The first-order valence-electron chi connectivity index (χ1n) is 6.89. The second-order valence-corrected chi connectivity index (χ2v) is 6.47. The maximum atomic E-state index is 12.0. The van der Waals surface area contributed by atoms with Gasteiger partial charge in [-0.25, -0.2) is 13.1 Å². The Bertz CT molecular complexity index is 499. The molecule has 114 valence electrons. The minimum absolute atomic E-state index is 0.0565. The number of nitrogens with one attached hydrogen (secondary N) is 1. The van der Waals surface area contributed by atoms with E-state index in [4.69, 9.17) is 5.11 Å². The van der Waals surface area contributed by atoms with E-state index in [1.54, 1.807) is 24.3 Å². The Morgan fingerprint density at radius 1 is 1.20 bits per heavy atom. The molecule has 0 unspecified atom stereocenters. The Labute approximate surface area is 121 Å². The fourth-order valence-electron chi connectivity index (χ4n) is 1.99. The van der Waals surface area contributed by atoms with Crippen LogP contribution < -0.4 is 4.72 Å². The second-order valence-electron chi connectivity index (χ2n) is 4.66. The summed E-state index contributed by atoms with van der Waals surface area (Å²) in [5.74, 6) is -0.0565. The van der Waals surface area contributed by atoms with Crippen LogP contribution >= 0.6 is 0 Å². The first-order valence-corrected chi connectivity index (χ1v) is 8.54. The predicted molar refractivity (Wildman–Crippen MR) is 80.8 cm³/mol. The van der Waals surface area contributed by atoms with E-state index in [0.717, 1.165) is 18.7 Å². The van der Waals surface area contributed by atoms with Crippen molar-refractivity contribution in [2.75, 3.05) is 26.2 Å². The summed E-state index contributed by atoms with van der Waals surface area (Å²) in [6.45, 7) is 6.99. The largest absolute Gasteiger partial charge is 0.392 e. The van der Waals surface area contributed by atoms with Crippen molar-refractivity contribution in [2.24, 2.45) is 0 Å². The van der Waals surface area contributed by atoms with Crippen molar-refractivity contribution in [2.45, 2.75) is 26.2 Å². The summed E-state index contributed by atoms with van der Waals surface area (Å²) < 4.78 is 26.5. The number of hydrogen-bond acceptors (Lipinski definition) is 4. The zero-order valence-corrected chi connectivity index (χ0v) is 13.0. The van der Waals surface area contributed by atoms with E-state index in [0.29, 0.717) is 18.7 Å². The SMILES string of the molecule is CCN(CC)CCNS(=O)(=O)Cc1cccc(CO)c1. The molecule has 0 aliphatic heterocycles. The maximum Gasteiger partial charge on any atom is 0.215 e. The summed E-state index contributed by atoms with van der Waals surface area (Å²) in [4.78, 5) is 2.16. The molecule has 1 aromatic carbocycles. The highest BCUT2D eigenvalue weighted by Gasteiger charge is 2.11. The number of rotatable bonds is 9. The number of likely N-dealkylation sites (N-methyl/N-ethyl adjacent to an activating group) is 1. The highest BCUT2D eigenvalue weighted by molar-refractivity contribution is 7.88. The highest BCUT2D eigenvalue weighted by atomic mass is 32.2. The Kier molecular flexibility index (Phi) is 7.15. The van der Waals surface area contributed by atoms with Gasteiger partial charge in [-0.15, -0.1) is 0 Å². The fraction of sp³-hybridized carbons (Fsp3) is 0.571. The highest BCUT2D eigenvalue weighted by Crippen LogP contribution is 2.08. The molecule has 0 aliphatic rings. The van der Waals surface area contributed by atoms with Gasteiger partial charge in [-0.2, -0.15) is 0 Å². The molecular formula is C14H24N2O3S. The Morgan fingerprint density at radius 3 is 2.45 bits per heavy atom. The van der Waals surface area contributed by atoms with Gasteiger partial charge in [0.05, 0.1) is 12.4 Å². The van der Waals surface area contributed by atoms with Crippen molar-refractivity contribution in [3.8, 4) is 0 Å². The molecule has 1 rings (SSSR count). The van der Waals surface area contributed by atoms with E-state index in [1.165, 1.54) is 0 Å². The number of aliphatic hydroxyl groups is 1. The van der Waals surface area contributed by atoms with Crippen molar-refractivity contribution in [1.82, 2.24) is 9.62 Å². The molecule has 0 atom stereocenters. The molecule has 0 aliphatic carbocycles. The first-order chi connectivity index (χ1) is 9.50. The Hall–Kier alpha value is -0.950. The molecule has 0 spiro atoms. The van der Waals surface area contributed by atoms with Crippen molar-refractivity contribution in [1.29, 1.82) is 0 Å². The standard InChI is InChI=1S/C14H24N2O3S/c1-3-16(4-2)9-8-15-20(18,19)12-14-7-5-6-13(10-14)11-17/h5-7,10,15,17H,3-4,8-9,11-12H2,1-2H3. The number of sulfonamides is 1. The molecule has 0 saturated heterocycles. The monoisotopic (exact) mass is 300 g/mol. The van der Waals surface area contributed by atoms with Gasteiger partial charge in [0.25, 0.3) is 0 Å². The van der Waals surface area contributed by atoms with Crippen molar-refractivity contribution in [3.63, 3.8) is 0 Å². The Morgan fingerprint density at radius 2 is 1.85 bits per heavy atom. The molecule has 0 bridgehead atoms. The fourth-order valence-corrected chi connectivity index (χ4v) is 3.11. The minimum Gasteiger partial charge on any atom is -0.392 e. The van der Waals surface area contributed by atoms with Gasteiger partial charge >= 0.3 is 0 Å². The molecule has 2 N–H and O–H groups in total. The van der Waals surface area contributed by atoms with Crippen molar-refractivity contribution < 1.29 is 13.5 Å². The average molecular weight is 300 g/mol. The third-order valence-corrected chi connectivity index (χ3v) is 4.53. The Balaban J connectivity index is 2.52. The second kappa shape index (κ2) is 8.36. The molecule has 0 aromatic heterocycles. The van der Waals surface area contributed by atoms with E-state index in [2.05, 4.69) is 23.5 Å². The molecule has 5 nitrogen and oxygen atoms in total. The normalized spacial score (nSPS) is 12.0. The van der Waals surface area contributed by atoms with Crippen molar-refractivity contribution in [3.05, 3.63) is 35.4 Å². The van der Waals surface area contributed by atoms with Gasteiger partial charge in [-0.05, 0) is 24.2 Å². The molecule has 6 heteroatoms. The van der Waals surface area contributed by atoms with E-state index >= 15 is 0 Å². The summed E-state index contributed by atoms with van der Waals surface area (Å²) in [7, 11) is -3.33. The van der Waals surface area contributed by atoms with Gasteiger partial charge in [0.2, 0.25) is 10.0 Å². The number of hydrogen-bond donors (Lipinski definition) is 2. The summed E-state index contributed by atoms with van der Waals surface area (Å²) in [6.07, 6.45) is 0. The third kappa shape index (κ3) is 6.00. The van der Waals surface area contributed by atoms with E-state index in [9.17, 15) is 8.42 Å². The number of benzene rings is 1.